The van der Waals surface area contributed by atoms with E-state index in [1.54, 1.807) is 11.8 Å². The maximum absolute atomic E-state index is 5.97. The fraction of sp³-hybridized carbons (Fsp3) is 0.222. The van der Waals surface area contributed by atoms with E-state index in [4.69, 9.17) is 11.6 Å². The molecule has 0 atom stereocenters. The first-order chi connectivity index (χ1) is 6.33. The van der Waals surface area contributed by atoms with Gasteiger partial charge in [0, 0.05) is 5.39 Å². The lowest BCUT2D eigenvalue weighted by Gasteiger charge is -1.98. The molecule has 0 saturated carbocycles. The van der Waals surface area contributed by atoms with Crippen molar-refractivity contribution < 1.29 is 0 Å². The molecule has 0 aliphatic rings. The van der Waals surface area contributed by atoms with Gasteiger partial charge in [-0.15, -0.1) is 11.8 Å². The fourth-order valence-electron chi connectivity index (χ4n) is 1.31. The average molecular weight is 213 g/mol. The van der Waals surface area contributed by atoms with Gasteiger partial charge in [0.2, 0.25) is 0 Å². The molecule has 2 nitrogen and oxygen atoms in total. The van der Waals surface area contributed by atoms with Gasteiger partial charge in [0.1, 0.15) is 0 Å². The van der Waals surface area contributed by atoms with Gasteiger partial charge in [0.25, 0.3) is 0 Å². The van der Waals surface area contributed by atoms with Crippen LogP contribution in [0.2, 0.25) is 5.15 Å². The molecule has 0 aliphatic heterocycles. The highest BCUT2D eigenvalue weighted by Crippen LogP contribution is 2.23. The maximum Gasteiger partial charge on any atom is 0.158 e. The Morgan fingerprint density at radius 3 is 3.00 bits per heavy atom. The second-order valence-corrected chi connectivity index (χ2v) is 3.92. The lowest BCUT2D eigenvalue weighted by molar-refractivity contribution is 0.781. The fourth-order valence-corrected chi connectivity index (χ4v) is 2.00. The lowest BCUT2D eigenvalue weighted by atomic mass is 10.3. The van der Waals surface area contributed by atoms with Crippen LogP contribution in [0.4, 0.5) is 0 Å². The van der Waals surface area contributed by atoms with Gasteiger partial charge >= 0.3 is 0 Å². The quantitative estimate of drug-likeness (QED) is 0.762. The summed E-state index contributed by atoms with van der Waals surface area (Å²) in [4.78, 5) is 0. The molecule has 1 heterocycles. The largest absolute Gasteiger partial charge is 0.253 e. The summed E-state index contributed by atoms with van der Waals surface area (Å²) in [6.07, 6.45) is 2.05. The van der Waals surface area contributed by atoms with Crippen LogP contribution in [0.15, 0.2) is 24.3 Å². The van der Waals surface area contributed by atoms with Gasteiger partial charge in [-0.2, -0.15) is 5.10 Å². The predicted octanol–water partition coefficient (Wildman–Crippen LogP) is 3.01. The van der Waals surface area contributed by atoms with E-state index in [-0.39, 0.29) is 0 Å². The van der Waals surface area contributed by atoms with Gasteiger partial charge in [0.05, 0.1) is 11.4 Å². The van der Waals surface area contributed by atoms with E-state index in [0.717, 1.165) is 16.8 Å². The number of nitrogens with zero attached hydrogens (tertiary/aromatic N) is 2. The average Bonchev–Trinajstić information content (AvgIpc) is 2.46. The second-order valence-electron chi connectivity index (χ2n) is 2.73. The van der Waals surface area contributed by atoms with Crippen molar-refractivity contribution in [3.8, 4) is 0 Å². The van der Waals surface area contributed by atoms with E-state index in [1.165, 1.54) is 0 Å². The summed E-state index contributed by atoms with van der Waals surface area (Å²) in [7, 11) is 0. The highest BCUT2D eigenvalue weighted by Gasteiger charge is 2.06. The minimum absolute atomic E-state index is 0.588. The molecule has 13 heavy (non-hydrogen) atoms. The highest BCUT2D eigenvalue weighted by atomic mass is 35.5. The van der Waals surface area contributed by atoms with Crippen molar-refractivity contribution in [1.82, 2.24) is 9.78 Å². The Morgan fingerprint density at radius 2 is 2.23 bits per heavy atom. The zero-order chi connectivity index (χ0) is 9.26. The number of fused-ring (bicyclic) bond motifs is 1. The molecule has 0 bridgehead atoms. The van der Waals surface area contributed by atoms with E-state index in [9.17, 15) is 0 Å². The zero-order valence-corrected chi connectivity index (χ0v) is 8.77. The maximum atomic E-state index is 5.97. The van der Waals surface area contributed by atoms with Crippen LogP contribution in [0.25, 0.3) is 10.9 Å². The Labute approximate surface area is 85.9 Å². The monoisotopic (exact) mass is 212 g/mol. The van der Waals surface area contributed by atoms with Gasteiger partial charge in [-0.05, 0) is 18.4 Å². The third-order valence-corrected chi connectivity index (χ3v) is 2.65. The van der Waals surface area contributed by atoms with Crippen LogP contribution in [-0.2, 0) is 5.88 Å². The minimum Gasteiger partial charge on any atom is -0.253 e. The first-order valence-corrected chi connectivity index (χ1v) is 5.70. The molecule has 2 rings (SSSR count). The second kappa shape index (κ2) is 3.60. The number of para-hydroxylation sites is 1. The smallest absolute Gasteiger partial charge is 0.158 e. The number of rotatable bonds is 2. The van der Waals surface area contributed by atoms with Gasteiger partial charge < -0.3 is 0 Å². The molecule has 0 unspecified atom stereocenters. The van der Waals surface area contributed by atoms with Crippen molar-refractivity contribution in [2.75, 3.05) is 6.26 Å². The Morgan fingerprint density at radius 1 is 1.46 bits per heavy atom. The number of hydrogen-bond acceptors (Lipinski definition) is 2. The van der Waals surface area contributed by atoms with E-state index >= 15 is 0 Å². The Kier molecular flexibility index (Phi) is 2.47. The number of halogens is 1. The van der Waals surface area contributed by atoms with E-state index in [0.29, 0.717) is 5.15 Å². The van der Waals surface area contributed by atoms with Crippen molar-refractivity contribution in [1.29, 1.82) is 0 Å². The van der Waals surface area contributed by atoms with Crippen LogP contribution in [0.5, 0.6) is 0 Å². The van der Waals surface area contributed by atoms with Crippen LogP contribution in [0.1, 0.15) is 0 Å². The van der Waals surface area contributed by atoms with Crippen LogP contribution >= 0.6 is 23.4 Å². The molecule has 4 heteroatoms. The number of thioether (sulfide) groups is 1. The summed E-state index contributed by atoms with van der Waals surface area (Å²) in [5.74, 6) is 0.841. The van der Waals surface area contributed by atoms with Crippen LogP contribution in [-0.4, -0.2) is 16.0 Å². The normalized spacial score (nSPS) is 10.9. The van der Waals surface area contributed by atoms with Crippen molar-refractivity contribution in [3.63, 3.8) is 0 Å². The third-order valence-electron chi connectivity index (χ3n) is 1.86. The van der Waals surface area contributed by atoms with Gasteiger partial charge in [-0.25, -0.2) is 0 Å². The Hall–Kier alpha value is -0.670. The summed E-state index contributed by atoms with van der Waals surface area (Å²) >= 11 is 7.70. The number of hydrogen-bond donors (Lipinski definition) is 0. The van der Waals surface area contributed by atoms with Crippen molar-refractivity contribution in [3.05, 3.63) is 29.4 Å². The molecule has 1 aromatic carbocycles. The number of aromatic nitrogens is 2. The topological polar surface area (TPSA) is 17.8 Å². The van der Waals surface area contributed by atoms with Crippen molar-refractivity contribution >= 4 is 34.3 Å². The zero-order valence-electron chi connectivity index (χ0n) is 7.20. The summed E-state index contributed by atoms with van der Waals surface area (Å²) < 4.78 is 1.92. The summed E-state index contributed by atoms with van der Waals surface area (Å²) in [6.45, 7) is 0. The number of benzene rings is 1. The molecule has 0 radical (unpaired) electrons. The summed E-state index contributed by atoms with van der Waals surface area (Å²) in [5, 5.41) is 5.85. The first-order valence-electron chi connectivity index (χ1n) is 3.93. The molecule has 0 aliphatic carbocycles. The summed E-state index contributed by atoms with van der Waals surface area (Å²) in [6, 6.07) is 7.99. The standard InChI is InChI=1S/C9H9ClN2S/c1-13-6-12-8-5-3-2-4-7(8)9(10)11-12/h2-5H,6H2,1H3. The molecule has 68 valence electrons. The first kappa shape index (κ1) is 8.91. The van der Waals surface area contributed by atoms with E-state index < -0.39 is 0 Å². The SMILES string of the molecule is CSCn1nc(Cl)c2ccccc21. The summed E-state index contributed by atoms with van der Waals surface area (Å²) in [5.41, 5.74) is 1.10. The van der Waals surface area contributed by atoms with Crippen LogP contribution < -0.4 is 0 Å². The highest BCUT2D eigenvalue weighted by molar-refractivity contribution is 7.97. The molecular weight excluding hydrogens is 204 g/mol. The predicted molar refractivity (Wildman–Crippen MR) is 58.3 cm³/mol. The van der Waals surface area contributed by atoms with E-state index in [1.807, 2.05) is 35.2 Å². The van der Waals surface area contributed by atoms with Gasteiger partial charge in [-0.1, -0.05) is 23.7 Å². The Balaban J connectivity index is 2.63. The van der Waals surface area contributed by atoms with Crippen LogP contribution in [0.3, 0.4) is 0 Å². The van der Waals surface area contributed by atoms with Gasteiger partial charge in [0.15, 0.2) is 5.15 Å². The van der Waals surface area contributed by atoms with Crippen molar-refractivity contribution in [2.45, 2.75) is 5.88 Å². The van der Waals surface area contributed by atoms with Crippen LogP contribution in [0, 0.1) is 0 Å². The molecular formula is C9H9ClN2S. The lowest BCUT2D eigenvalue weighted by Crippen LogP contribution is -1.95. The van der Waals surface area contributed by atoms with E-state index in [2.05, 4.69) is 5.10 Å². The molecule has 0 amide bonds. The molecule has 0 N–H and O–H groups in total. The third kappa shape index (κ3) is 1.54. The molecule has 1 aromatic heterocycles. The molecule has 0 fully saturated rings. The molecule has 2 aromatic rings. The Bertz CT molecular complexity index is 424. The van der Waals surface area contributed by atoms with Gasteiger partial charge in [-0.3, -0.25) is 4.68 Å². The molecule has 0 spiro atoms. The molecule has 0 saturated heterocycles. The van der Waals surface area contributed by atoms with Crippen molar-refractivity contribution in [2.24, 2.45) is 0 Å². The minimum atomic E-state index is 0.588.